The van der Waals surface area contributed by atoms with E-state index in [1.807, 2.05) is 27.7 Å². The van der Waals surface area contributed by atoms with Gasteiger partial charge in [0.25, 0.3) is 0 Å². The highest BCUT2D eigenvalue weighted by molar-refractivity contribution is 6.39. The van der Waals surface area contributed by atoms with Gasteiger partial charge < -0.3 is 14.5 Å². The van der Waals surface area contributed by atoms with Crippen LogP contribution in [0.2, 0.25) is 0 Å². The van der Waals surface area contributed by atoms with E-state index in [1.54, 1.807) is 4.90 Å². The summed E-state index contributed by atoms with van der Waals surface area (Å²) in [6.07, 6.45) is 0.793. The molecule has 0 aromatic heterocycles. The molecule has 0 aromatic rings. The topological polar surface area (TPSA) is 49.9 Å². The van der Waals surface area contributed by atoms with E-state index in [-0.39, 0.29) is 17.3 Å². The lowest BCUT2D eigenvalue weighted by atomic mass is 9.79. The lowest BCUT2D eigenvalue weighted by Gasteiger charge is -2.48. The Balaban J connectivity index is 1.57. The molecule has 6 heteroatoms. The number of ketones is 1. The number of rotatable bonds is 1. The van der Waals surface area contributed by atoms with Gasteiger partial charge in [0.05, 0.1) is 0 Å². The van der Waals surface area contributed by atoms with E-state index in [1.165, 1.54) is 0 Å². The molecule has 1 amide bonds. The first-order valence-electron chi connectivity index (χ1n) is 7.74. The molecule has 0 saturated carbocycles. The van der Waals surface area contributed by atoms with E-state index < -0.39 is 11.0 Å². The van der Waals surface area contributed by atoms with E-state index in [0.29, 0.717) is 0 Å². The SMILES string of the molecule is CC1=C(N2CCC3(CN(C(=O)OC(C)(C)C)C3)C2)C(Cl)C1=O. The second-order valence-electron chi connectivity index (χ2n) is 7.75. The second kappa shape index (κ2) is 4.88. The normalized spacial score (nSPS) is 27.1. The number of alkyl halides is 1. The van der Waals surface area contributed by atoms with E-state index in [0.717, 1.165) is 43.9 Å². The van der Waals surface area contributed by atoms with Crippen LogP contribution in [0.1, 0.15) is 34.1 Å². The fourth-order valence-electron chi connectivity index (χ4n) is 3.57. The van der Waals surface area contributed by atoms with Crippen molar-refractivity contribution in [1.29, 1.82) is 0 Å². The minimum absolute atomic E-state index is 0.0432. The zero-order chi connectivity index (χ0) is 16.3. The summed E-state index contributed by atoms with van der Waals surface area (Å²) in [6, 6.07) is 0. The van der Waals surface area contributed by atoms with Crippen molar-refractivity contribution in [1.82, 2.24) is 9.80 Å². The molecule has 22 heavy (non-hydrogen) atoms. The predicted molar refractivity (Wildman–Crippen MR) is 83.8 cm³/mol. The van der Waals surface area contributed by atoms with Gasteiger partial charge in [0.2, 0.25) is 0 Å². The van der Waals surface area contributed by atoms with Crippen LogP contribution < -0.4 is 0 Å². The van der Waals surface area contributed by atoms with Gasteiger partial charge in [0, 0.05) is 42.9 Å². The van der Waals surface area contributed by atoms with E-state index >= 15 is 0 Å². The van der Waals surface area contributed by atoms with Crippen LogP contribution in [0.4, 0.5) is 4.79 Å². The highest BCUT2D eigenvalue weighted by Crippen LogP contribution is 2.44. The van der Waals surface area contributed by atoms with Crippen molar-refractivity contribution in [3.63, 3.8) is 0 Å². The lowest BCUT2D eigenvalue weighted by Crippen LogP contribution is -2.60. The molecule has 1 aliphatic carbocycles. The third kappa shape index (κ3) is 2.49. The molecule has 3 aliphatic rings. The van der Waals surface area contributed by atoms with Crippen LogP contribution in [-0.2, 0) is 9.53 Å². The number of hydrogen-bond donors (Lipinski definition) is 0. The average Bonchev–Trinajstić information content (AvgIpc) is 2.79. The molecule has 0 radical (unpaired) electrons. The van der Waals surface area contributed by atoms with Crippen molar-refractivity contribution in [3.8, 4) is 0 Å². The maximum atomic E-state index is 12.0. The van der Waals surface area contributed by atoms with Crippen molar-refractivity contribution < 1.29 is 14.3 Å². The smallest absolute Gasteiger partial charge is 0.410 e. The summed E-state index contributed by atoms with van der Waals surface area (Å²) in [5, 5.41) is -0.475. The van der Waals surface area contributed by atoms with Crippen molar-refractivity contribution >= 4 is 23.5 Å². The summed E-state index contributed by atoms with van der Waals surface area (Å²) in [7, 11) is 0. The largest absolute Gasteiger partial charge is 0.444 e. The number of carbonyl (C=O) groups excluding carboxylic acids is 2. The molecule has 0 bridgehead atoms. The van der Waals surface area contributed by atoms with Gasteiger partial charge in [-0.2, -0.15) is 0 Å². The molecule has 2 heterocycles. The number of amides is 1. The Bertz CT molecular complexity index is 558. The van der Waals surface area contributed by atoms with Gasteiger partial charge >= 0.3 is 6.09 Å². The van der Waals surface area contributed by atoms with Gasteiger partial charge in [0.15, 0.2) is 5.78 Å². The first-order valence-corrected chi connectivity index (χ1v) is 8.17. The van der Waals surface area contributed by atoms with Crippen LogP contribution in [0.5, 0.6) is 0 Å². The maximum absolute atomic E-state index is 12.0. The van der Waals surface area contributed by atoms with Gasteiger partial charge in [-0.1, -0.05) is 0 Å². The maximum Gasteiger partial charge on any atom is 0.410 e. The lowest BCUT2D eigenvalue weighted by molar-refractivity contribution is -0.116. The Morgan fingerprint density at radius 3 is 2.50 bits per heavy atom. The van der Waals surface area contributed by atoms with Crippen LogP contribution in [0, 0.1) is 5.41 Å². The number of carbonyl (C=O) groups is 2. The fraction of sp³-hybridized carbons (Fsp3) is 0.750. The monoisotopic (exact) mass is 326 g/mol. The van der Waals surface area contributed by atoms with E-state index in [2.05, 4.69) is 4.90 Å². The Morgan fingerprint density at radius 1 is 1.32 bits per heavy atom. The minimum Gasteiger partial charge on any atom is -0.444 e. The first-order chi connectivity index (χ1) is 10.1. The van der Waals surface area contributed by atoms with Crippen LogP contribution in [0.3, 0.4) is 0 Å². The molecular weight excluding hydrogens is 304 g/mol. The molecule has 122 valence electrons. The highest BCUT2D eigenvalue weighted by Gasteiger charge is 2.52. The summed E-state index contributed by atoms with van der Waals surface area (Å²) in [6.45, 7) is 10.7. The van der Waals surface area contributed by atoms with Crippen molar-refractivity contribution in [2.75, 3.05) is 26.2 Å². The molecule has 5 nitrogen and oxygen atoms in total. The number of halogens is 1. The van der Waals surface area contributed by atoms with Gasteiger partial charge in [-0.15, -0.1) is 11.6 Å². The Labute approximate surface area is 136 Å². The van der Waals surface area contributed by atoms with E-state index in [4.69, 9.17) is 16.3 Å². The molecule has 2 aliphatic heterocycles. The highest BCUT2D eigenvalue weighted by atomic mass is 35.5. The molecular formula is C16H23ClN2O3. The Kier molecular flexibility index (Phi) is 3.47. The Morgan fingerprint density at radius 2 is 1.95 bits per heavy atom. The number of nitrogens with zero attached hydrogens (tertiary/aromatic N) is 2. The quantitative estimate of drug-likeness (QED) is 0.694. The third-order valence-electron chi connectivity index (χ3n) is 4.71. The van der Waals surface area contributed by atoms with Crippen molar-refractivity contribution in [2.45, 2.75) is 45.1 Å². The van der Waals surface area contributed by atoms with Gasteiger partial charge in [0.1, 0.15) is 11.0 Å². The zero-order valence-corrected chi connectivity index (χ0v) is 14.4. The summed E-state index contributed by atoms with van der Waals surface area (Å²) < 4.78 is 5.40. The molecule has 1 atom stereocenters. The van der Waals surface area contributed by atoms with Crippen molar-refractivity contribution in [2.24, 2.45) is 5.41 Å². The minimum atomic E-state index is -0.475. The number of hydrogen-bond acceptors (Lipinski definition) is 4. The number of allylic oxidation sites excluding steroid dienone is 2. The second-order valence-corrected chi connectivity index (χ2v) is 8.18. The summed E-state index contributed by atoms with van der Waals surface area (Å²) in [4.78, 5) is 27.6. The van der Waals surface area contributed by atoms with Crippen LogP contribution >= 0.6 is 11.6 Å². The summed E-state index contributed by atoms with van der Waals surface area (Å²) in [5.74, 6) is 0.0432. The Hall–Kier alpha value is -1.23. The molecule has 0 N–H and O–H groups in total. The number of ether oxygens (including phenoxy) is 1. The van der Waals surface area contributed by atoms with Crippen LogP contribution in [0.25, 0.3) is 0 Å². The molecule has 2 fully saturated rings. The van der Waals surface area contributed by atoms with E-state index in [9.17, 15) is 9.59 Å². The number of Topliss-reactive ketones (excluding diaryl/α,β-unsaturated/α-hetero) is 1. The third-order valence-corrected chi connectivity index (χ3v) is 5.11. The molecule has 3 rings (SSSR count). The average molecular weight is 327 g/mol. The van der Waals surface area contributed by atoms with Crippen LogP contribution in [0.15, 0.2) is 11.3 Å². The van der Waals surface area contributed by atoms with Crippen molar-refractivity contribution in [3.05, 3.63) is 11.3 Å². The predicted octanol–water partition coefficient (Wildman–Crippen LogP) is 2.39. The zero-order valence-electron chi connectivity index (χ0n) is 13.6. The summed E-state index contributed by atoms with van der Waals surface area (Å²) in [5.41, 5.74) is 1.46. The fourth-order valence-corrected chi connectivity index (χ4v) is 4.03. The molecule has 0 aromatic carbocycles. The van der Waals surface area contributed by atoms with Gasteiger partial charge in [-0.3, -0.25) is 4.79 Å². The molecule has 1 spiro atoms. The number of likely N-dealkylation sites (tertiary alicyclic amines) is 2. The van der Waals surface area contributed by atoms with Crippen LogP contribution in [-0.4, -0.2) is 58.8 Å². The van der Waals surface area contributed by atoms with Gasteiger partial charge in [-0.25, -0.2) is 4.79 Å². The summed E-state index contributed by atoms with van der Waals surface area (Å²) >= 11 is 6.11. The van der Waals surface area contributed by atoms with Gasteiger partial charge in [-0.05, 0) is 34.1 Å². The molecule has 2 saturated heterocycles. The molecule has 1 unspecified atom stereocenters. The standard InChI is InChI=1S/C16H23ClN2O3/c1-10-12(11(17)13(10)20)18-6-5-16(7-18)8-19(9-16)14(21)22-15(2,3)4/h11H,5-9H2,1-4H3. The first kappa shape index (κ1) is 15.7.